The molecule has 0 bridgehead atoms. The minimum Gasteiger partial charge on any atom is -0.327 e. The van der Waals surface area contributed by atoms with E-state index in [1.54, 1.807) is 18.3 Å². The van der Waals surface area contributed by atoms with Crippen molar-refractivity contribution in [2.75, 3.05) is 0 Å². The van der Waals surface area contributed by atoms with Gasteiger partial charge >= 0.3 is 0 Å². The lowest BCUT2D eigenvalue weighted by atomic mass is 10.4. The maximum atomic E-state index is 11.3. The summed E-state index contributed by atoms with van der Waals surface area (Å²) in [5, 5.41) is 9.52. The monoisotopic (exact) mass is 195 g/mol. The predicted octanol–water partition coefficient (Wildman–Crippen LogP) is 0.0132. The zero-order valence-corrected chi connectivity index (χ0v) is 7.21. The van der Waals surface area contributed by atoms with Gasteiger partial charge < -0.3 is 4.98 Å². The lowest BCUT2D eigenvalue weighted by molar-refractivity contribution is 0.777. The van der Waals surface area contributed by atoms with Crippen molar-refractivity contribution in [1.82, 2.24) is 25.2 Å². The summed E-state index contributed by atoms with van der Waals surface area (Å²) in [6, 6.07) is 3.31. The molecule has 2 aromatic heterocycles. The number of nitrogens with zero attached hydrogens (tertiary/aromatic N) is 3. The maximum Gasteiger partial charge on any atom is 0.273 e. The third-order valence-electron chi connectivity index (χ3n) is 1.51. The number of pyridine rings is 1. The van der Waals surface area contributed by atoms with Crippen LogP contribution < -0.4 is 5.56 Å². The first kappa shape index (κ1) is 7.87. The fraction of sp³-hybridized carbons (Fsp3) is 0. The van der Waals surface area contributed by atoms with Crippen LogP contribution >= 0.6 is 12.2 Å². The van der Waals surface area contributed by atoms with E-state index in [1.807, 2.05) is 0 Å². The van der Waals surface area contributed by atoms with E-state index in [0.717, 1.165) is 0 Å². The first-order valence-electron chi connectivity index (χ1n) is 3.47. The molecule has 0 radical (unpaired) electrons. The third kappa shape index (κ3) is 1.29. The first-order chi connectivity index (χ1) is 6.29. The second-order valence-electron chi connectivity index (χ2n) is 2.30. The summed E-state index contributed by atoms with van der Waals surface area (Å²) in [4.78, 5) is 13.8. The Labute approximate surface area is 77.2 Å². The van der Waals surface area contributed by atoms with E-state index in [2.05, 4.69) is 20.5 Å². The van der Waals surface area contributed by atoms with Crippen molar-refractivity contribution in [1.29, 1.82) is 0 Å². The molecule has 0 fully saturated rings. The molecule has 0 saturated heterocycles. The molecule has 66 valence electrons. The number of aromatic nitrogens is 5. The molecule has 2 aromatic rings. The molecular formula is C6H5N5OS. The molecule has 0 aromatic carbocycles. The Morgan fingerprint density at radius 2 is 2.38 bits per heavy atom. The van der Waals surface area contributed by atoms with Gasteiger partial charge in [-0.2, -0.15) is 5.21 Å². The molecule has 2 N–H and O–H groups in total. The minimum absolute atomic E-state index is 0.219. The van der Waals surface area contributed by atoms with Crippen LogP contribution in [0.15, 0.2) is 23.1 Å². The van der Waals surface area contributed by atoms with Gasteiger partial charge in [0.2, 0.25) is 4.77 Å². The quantitative estimate of drug-likeness (QED) is 0.628. The van der Waals surface area contributed by atoms with Crippen molar-refractivity contribution in [3.63, 3.8) is 0 Å². The lowest BCUT2D eigenvalue weighted by Gasteiger charge is -1.96. The van der Waals surface area contributed by atoms with Crippen LogP contribution in [-0.2, 0) is 0 Å². The predicted molar refractivity (Wildman–Crippen MR) is 47.2 cm³/mol. The van der Waals surface area contributed by atoms with Crippen molar-refractivity contribution in [2.45, 2.75) is 0 Å². The highest BCUT2D eigenvalue weighted by atomic mass is 32.1. The number of hydrogen-bond acceptors (Lipinski definition) is 4. The van der Waals surface area contributed by atoms with Gasteiger partial charge in [0.05, 0.1) is 0 Å². The summed E-state index contributed by atoms with van der Waals surface area (Å²) in [5.74, 6) is 0. The number of H-pyrrole nitrogens is 2. The van der Waals surface area contributed by atoms with Crippen molar-refractivity contribution in [3.8, 4) is 5.69 Å². The number of aromatic amines is 2. The Balaban J connectivity index is 2.73. The number of rotatable bonds is 1. The van der Waals surface area contributed by atoms with Crippen LogP contribution in [0.1, 0.15) is 0 Å². The summed E-state index contributed by atoms with van der Waals surface area (Å²) in [6.45, 7) is 0. The summed E-state index contributed by atoms with van der Waals surface area (Å²) in [5.41, 5.74) is 0.127. The number of hydrogen-bond donors (Lipinski definition) is 2. The number of tetrazole rings is 1. The largest absolute Gasteiger partial charge is 0.327 e. The minimum atomic E-state index is -0.246. The summed E-state index contributed by atoms with van der Waals surface area (Å²) in [6.07, 6.45) is 1.54. The van der Waals surface area contributed by atoms with Gasteiger partial charge in [0.1, 0.15) is 5.69 Å². The van der Waals surface area contributed by atoms with Gasteiger partial charge in [0.15, 0.2) is 0 Å². The molecule has 2 heterocycles. The van der Waals surface area contributed by atoms with Gasteiger partial charge in [-0.1, -0.05) is 10.3 Å². The molecular weight excluding hydrogens is 190 g/mol. The Morgan fingerprint density at radius 1 is 1.54 bits per heavy atom. The van der Waals surface area contributed by atoms with Crippen LogP contribution in [-0.4, -0.2) is 25.2 Å². The Morgan fingerprint density at radius 3 is 3.00 bits per heavy atom. The SMILES string of the molecule is O=c1[nH]cccc1-n1[nH]nnc1=S. The number of nitrogens with one attached hydrogen (secondary N) is 2. The van der Waals surface area contributed by atoms with Gasteiger partial charge in [-0.3, -0.25) is 4.79 Å². The highest BCUT2D eigenvalue weighted by molar-refractivity contribution is 7.71. The molecule has 6 nitrogen and oxygen atoms in total. The zero-order valence-electron chi connectivity index (χ0n) is 6.39. The van der Waals surface area contributed by atoms with Crippen LogP contribution in [0.5, 0.6) is 0 Å². The maximum absolute atomic E-state index is 11.3. The van der Waals surface area contributed by atoms with Crippen LogP contribution in [0, 0.1) is 4.77 Å². The average molecular weight is 195 g/mol. The second kappa shape index (κ2) is 2.94. The molecule has 0 amide bonds. The van der Waals surface area contributed by atoms with E-state index >= 15 is 0 Å². The average Bonchev–Trinajstić information content (AvgIpc) is 2.52. The van der Waals surface area contributed by atoms with Gasteiger partial charge in [0, 0.05) is 6.20 Å². The van der Waals surface area contributed by atoms with Gasteiger partial charge in [0.25, 0.3) is 5.56 Å². The van der Waals surface area contributed by atoms with Crippen LogP contribution in [0.4, 0.5) is 0 Å². The molecule has 0 aliphatic heterocycles. The summed E-state index contributed by atoms with van der Waals surface area (Å²) < 4.78 is 1.55. The molecule has 0 spiro atoms. The third-order valence-corrected chi connectivity index (χ3v) is 1.77. The van der Waals surface area contributed by atoms with Crippen LogP contribution in [0.25, 0.3) is 5.69 Å². The van der Waals surface area contributed by atoms with E-state index in [1.165, 1.54) is 4.68 Å². The summed E-state index contributed by atoms with van der Waals surface area (Å²) in [7, 11) is 0. The second-order valence-corrected chi connectivity index (χ2v) is 2.67. The summed E-state index contributed by atoms with van der Waals surface area (Å²) >= 11 is 4.83. The fourth-order valence-corrected chi connectivity index (χ4v) is 1.12. The van der Waals surface area contributed by atoms with Crippen molar-refractivity contribution >= 4 is 12.2 Å². The Bertz CT molecular complexity index is 524. The standard InChI is InChI=1S/C6H5N5OS/c12-5-4(2-1-3-7-5)11-6(13)8-9-10-11/h1-3H,(H,7,12)(H,8,10,13). The fourth-order valence-electron chi connectivity index (χ4n) is 0.943. The molecule has 2 rings (SSSR count). The van der Waals surface area contributed by atoms with Crippen molar-refractivity contribution < 1.29 is 0 Å². The zero-order chi connectivity index (χ0) is 9.26. The smallest absolute Gasteiger partial charge is 0.273 e. The lowest BCUT2D eigenvalue weighted by Crippen LogP contribution is -2.14. The molecule has 0 unspecified atom stereocenters. The van der Waals surface area contributed by atoms with Gasteiger partial charge in [-0.05, 0) is 24.4 Å². The molecule has 0 saturated carbocycles. The van der Waals surface area contributed by atoms with E-state index in [4.69, 9.17) is 12.2 Å². The first-order valence-corrected chi connectivity index (χ1v) is 3.88. The van der Waals surface area contributed by atoms with Crippen molar-refractivity contribution in [2.24, 2.45) is 0 Å². The van der Waals surface area contributed by atoms with E-state index in [9.17, 15) is 4.79 Å². The highest BCUT2D eigenvalue weighted by Gasteiger charge is 2.02. The Hall–Kier alpha value is -1.76. The topological polar surface area (TPSA) is 79.4 Å². The van der Waals surface area contributed by atoms with E-state index in [0.29, 0.717) is 5.69 Å². The van der Waals surface area contributed by atoms with Gasteiger partial charge in [-0.15, -0.1) is 0 Å². The van der Waals surface area contributed by atoms with E-state index in [-0.39, 0.29) is 10.3 Å². The molecule has 0 aliphatic rings. The molecule has 13 heavy (non-hydrogen) atoms. The highest BCUT2D eigenvalue weighted by Crippen LogP contribution is 1.95. The Kier molecular flexibility index (Phi) is 1.78. The van der Waals surface area contributed by atoms with Crippen molar-refractivity contribution in [3.05, 3.63) is 33.5 Å². The molecule has 0 atom stereocenters. The normalized spacial score (nSPS) is 10.2. The van der Waals surface area contributed by atoms with Gasteiger partial charge in [-0.25, -0.2) is 4.68 Å². The molecule has 7 heteroatoms. The van der Waals surface area contributed by atoms with Crippen LogP contribution in [0.3, 0.4) is 0 Å². The van der Waals surface area contributed by atoms with Crippen LogP contribution in [0.2, 0.25) is 0 Å². The molecule has 0 aliphatic carbocycles. The van der Waals surface area contributed by atoms with E-state index < -0.39 is 0 Å².